The first-order valence-electron chi connectivity index (χ1n) is 19.1. The van der Waals surface area contributed by atoms with Crippen LogP contribution in [-0.4, -0.2) is 94.4 Å². The number of anilines is 2. The summed E-state index contributed by atoms with van der Waals surface area (Å²) in [6.45, 7) is 0.478. The number of nitrogens with two attached hydrogens (primary N) is 1. The molecule has 1 atom stereocenters. The number of amides is 8. The number of hydrogen-bond donors (Lipinski definition) is 8. The summed E-state index contributed by atoms with van der Waals surface area (Å²) in [4.78, 5) is 111. The second kappa shape index (κ2) is 22.0. The average molecular weight is 830 g/mol. The van der Waals surface area contributed by atoms with Crippen molar-refractivity contribution in [2.24, 2.45) is 11.1 Å². The molecule has 1 aliphatic carbocycles. The fourth-order valence-electron chi connectivity index (χ4n) is 6.23. The van der Waals surface area contributed by atoms with Crippen LogP contribution in [0.2, 0.25) is 0 Å². The average Bonchev–Trinajstić information content (AvgIpc) is 3.50. The highest BCUT2D eigenvalue weighted by Crippen LogP contribution is 2.41. The number of hydrogen-bond acceptors (Lipinski definition) is 10. The number of carbonyl (C=O) groups excluding carboxylic acids is 7. The Labute approximate surface area is 344 Å². The lowest BCUT2D eigenvalue weighted by Gasteiger charge is -2.39. The van der Waals surface area contributed by atoms with Crippen LogP contribution < -0.4 is 32.3 Å². The highest BCUT2D eigenvalue weighted by atomic mass is 16.5. The molecular formula is C41H47N7O12. The summed E-state index contributed by atoms with van der Waals surface area (Å²) >= 11 is 0. The number of unbranched alkanes of at least 4 members (excludes halogenated alkanes) is 2. The number of benzene rings is 2. The van der Waals surface area contributed by atoms with Gasteiger partial charge in [0, 0.05) is 49.6 Å². The number of carboxylic acids is 2. The van der Waals surface area contributed by atoms with Crippen molar-refractivity contribution in [1.29, 1.82) is 0 Å². The van der Waals surface area contributed by atoms with Crippen molar-refractivity contribution >= 4 is 77.1 Å². The normalized spacial score (nSPS) is 14.6. The van der Waals surface area contributed by atoms with Gasteiger partial charge in [-0.05, 0) is 92.0 Å². The lowest BCUT2D eigenvalue weighted by molar-refractivity contribution is -0.151. The largest absolute Gasteiger partial charge is 0.478 e. The van der Waals surface area contributed by atoms with E-state index in [-0.39, 0.29) is 69.4 Å². The Kier molecular flexibility index (Phi) is 16.6. The van der Waals surface area contributed by atoms with Crippen LogP contribution in [0.25, 0.3) is 12.2 Å². The molecule has 0 bridgehead atoms. The predicted octanol–water partition coefficient (Wildman–Crippen LogP) is 2.88. The van der Waals surface area contributed by atoms with Gasteiger partial charge in [-0.2, -0.15) is 0 Å². The fourth-order valence-corrected chi connectivity index (χ4v) is 6.23. The number of rotatable bonds is 22. The van der Waals surface area contributed by atoms with Crippen LogP contribution in [0.4, 0.5) is 21.0 Å². The van der Waals surface area contributed by atoms with Gasteiger partial charge in [-0.1, -0.05) is 30.7 Å². The summed E-state index contributed by atoms with van der Waals surface area (Å²) in [6, 6.07) is 8.91. The third-order valence-corrected chi connectivity index (χ3v) is 9.64. The molecule has 0 spiro atoms. The summed E-state index contributed by atoms with van der Waals surface area (Å²) in [5.41, 5.74) is 5.57. The van der Waals surface area contributed by atoms with Crippen molar-refractivity contribution in [1.82, 2.24) is 20.9 Å². The lowest BCUT2D eigenvalue weighted by Crippen LogP contribution is -2.58. The van der Waals surface area contributed by atoms with Gasteiger partial charge >= 0.3 is 24.1 Å². The van der Waals surface area contributed by atoms with Crippen molar-refractivity contribution in [2.45, 2.75) is 64.0 Å². The monoisotopic (exact) mass is 829 g/mol. The first-order valence-corrected chi connectivity index (χ1v) is 19.1. The van der Waals surface area contributed by atoms with Gasteiger partial charge in [0.15, 0.2) is 0 Å². The maximum atomic E-state index is 13.7. The Morgan fingerprint density at radius 3 is 2.10 bits per heavy atom. The molecule has 60 heavy (non-hydrogen) atoms. The van der Waals surface area contributed by atoms with Crippen LogP contribution in [-0.2, 0) is 44.9 Å². The number of nitrogens with one attached hydrogen (secondary N) is 5. The molecule has 1 saturated carbocycles. The van der Waals surface area contributed by atoms with Crippen LogP contribution >= 0.6 is 0 Å². The molecule has 0 radical (unpaired) electrons. The van der Waals surface area contributed by atoms with Crippen molar-refractivity contribution in [3.8, 4) is 0 Å². The number of carboxylic acid groups (broad SMARTS) is 2. The Morgan fingerprint density at radius 2 is 1.47 bits per heavy atom. The van der Waals surface area contributed by atoms with Gasteiger partial charge in [0.1, 0.15) is 18.1 Å². The molecule has 1 aliphatic heterocycles. The third-order valence-electron chi connectivity index (χ3n) is 9.64. The molecule has 2 aliphatic rings. The van der Waals surface area contributed by atoms with Gasteiger partial charge < -0.3 is 42.0 Å². The van der Waals surface area contributed by atoms with E-state index >= 15 is 0 Å². The highest BCUT2D eigenvalue weighted by molar-refractivity contribution is 6.13. The molecule has 0 aromatic heterocycles. The molecule has 0 saturated heterocycles. The first kappa shape index (κ1) is 45.4. The smallest absolute Gasteiger partial charge is 0.411 e. The maximum Gasteiger partial charge on any atom is 0.411 e. The summed E-state index contributed by atoms with van der Waals surface area (Å²) < 4.78 is 5.33. The van der Waals surface area contributed by atoms with Crippen LogP contribution in [0.15, 0.2) is 66.8 Å². The number of carbonyl (C=O) groups is 9. The van der Waals surface area contributed by atoms with Gasteiger partial charge in [-0.3, -0.25) is 34.2 Å². The van der Waals surface area contributed by atoms with Crippen molar-refractivity contribution in [3.05, 3.63) is 83.5 Å². The molecular weight excluding hydrogens is 782 g/mol. The summed E-state index contributed by atoms with van der Waals surface area (Å²) in [7, 11) is 0. The molecule has 2 aromatic carbocycles. The van der Waals surface area contributed by atoms with Crippen LogP contribution in [0, 0.1) is 5.41 Å². The minimum Gasteiger partial charge on any atom is -0.478 e. The van der Waals surface area contributed by atoms with E-state index in [0.717, 1.165) is 17.1 Å². The van der Waals surface area contributed by atoms with E-state index in [1.165, 1.54) is 42.5 Å². The molecule has 2 aromatic rings. The second-order valence-corrected chi connectivity index (χ2v) is 14.0. The zero-order valence-electron chi connectivity index (χ0n) is 32.6. The molecule has 19 nitrogen and oxygen atoms in total. The minimum atomic E-state index is -1.37. The topological polar surface area (TPSA) is 293 Å². The lowest BCUT2D eigenvalue weighted by atomic mass is 9.67. The molecule has 1 fully saturated rings. The van der Waals surface area contributed by atoms with Gasteiger partial charge in [0.25, 0.3) is 11.8 Å². The Morgan fingerprint density at radius 1 is 0.800 bits per heavy atom. The minimum absolute atomic E-state index is 0.0979. The van der Waals surface area contributed by atoms with E-state index in [1.54, 1.807) is 24.3 Å². The Bertz CT molecular complexity index is 2040. The van der Waals surface area contributed by atoms with E-state index in [0.29, 0.717) is 48.1 Å². The summed E-state index contributed by atoms with van der Waals surface area (Å²) in [6.07, 6.45) is 9.20. The Balaban J connectivity index is 1.32. The summed E-state index contributed by atoms with van der Waals surface area (Å²) in [5.74, 6) is -4.75. The highest BCUT2D eigenvalue weighted by Gasteiger charge is 2.51. The number of imide groups is 1. The molecule has 0 unspecified atom stereocenters. The Hall–Kier alpha value is -7.31. The van der Waals surface area contributed by atoms with E-state index in [2.05, 4.69) is 26.6 Å². The maximum absolute atomic E-state index is 13.7. The molecule has 318 valence electrons. The van der Waals surface area contributed by atoms with E-state index < -0.39 is 53.2 Å². The predicted molar refractivity (Wildman–Crippen MR) is 216 cm³/mol. The molecule has 4 rings (SSSR count). The zero-order chi connectivity index (χ0) is 43.7. The van der Waals surface area contributed by atoms with Crippen molar-refractivity contribution in [2.75, 3.05) is 30.3 Å². The van der Waals surface area contributed by atoms with Crippen LogP contribution in [0.1, 0.15) is 68.1 Å². The van der Waals surface area contributed by atoms with E-state index in [4.69, 9.17) is 20.7 Å². The number of urea groups is 1. The zero-order valence-corrected chi connectivity index (χ0v) is 32.6. The van der Waals surface area contributed by atoms with Gasteiger partial charge in [-0.15, -0.1) is 0 Å². The van der Waals surface area contributed by atoms with Gasteiger partial charge in [0.2, 0.25) is 17.7 Å². The number of nitrogens with zero attached hydrogens (tertiary/aromatic N) is 1. The van der Waals surface area contributed by atoms with E-state index in [1.807, 2.05) is 0 Å². The van der Waals surface area contributed by atoms with Gasteiger partial charge in [0.05, 0.1) is 5.69 Å². The molecule has 1 heterocycles. The fraction of sp³-hybridized carbons (Fsp3) is 0.341. The van der Waals surface area contributed by atoms with Gasteiger partial charge in [-0.25, -0.2) is 19.2 Å². The second-order valence-electron chi connectivity index (χ2n) is 14.0. The van der Waals surface area contributed by atoms with E-state index in [9.17, 15) is 43.2 Å². The number of ether oxygens (including phenoxy) is 1. The first-order chi connectivity index (χ1) is 28.7. The summed E-state index contributed by atoms with van der Waals surface area (Å²) in [5, 5.41) is 31.2. The molecule has 19 heteroatoms. The SMILES string of the molecule is NC(=O)NCCC[C@H](NC(=O)C1(C(=O)NCCCCCN2C(=O)C=CC2=O)CCC1)C(=O)Nc1ccc(COC(=O)Nc2cc(C=CC(=O)O)ccc2C=CC(=O)O)cc1. The number of aliphatic carboxylic acids is 2. The molecule has 9 N–H and O–H groups in total. The standard InChI is InChI=1S/C41H47N7O12/c42-39(58)44-22-4-6-30(46-38(57)41(19-5-20-41)37(56)43-21-2-1-3-23-48-32(49)15-16-33(48)50)36(55)45-29-13-8-27(9-14-29)25-60-40(59)47-31-24-26(10-17-34(51)52)7-11-28(31)12-18-35(53)54/h7-18,24,30H,1-6,19-23,25H2,(H,43,56)(H,45,55)(H,46,57)(H,47,59)(H,51,52)(H,53,54)(H3,42,44,58)/t30-/m0/s1. The third kappa shape index (κ3) is 13.7. The van der Waals surface area contributed by atoms with Crippen LogP contribution in [0.5, 0.6) is 0 Å². The van der Waals surface area contributed by atoms with Crippen molar-refractivity contribution < 1.29 is 58.1 Å². The number of primary amides is 1. The van der Waals surface area contributed by atoms with Crippen LogP contribution in [0.3, 0.4) is 0 Å². The molecule has 8 amide bonds. The quantitative estimate of drug-likeness (QED) is 0.0368. The van der Waals surface area contributed by atoms with Crippen molar-refractivity contribution in [3.63, 3.8) is 0 Å².